The van der Waals surface area contributed by atoms with Gasteiger partial charge in [-0.1, -0.05) is 0 Å². The van der Waals surface area contributed by atoms with Crippen molar-refractivity contribution in [2.75, 3.05) is 13.2 Å². The lowest BCUT2D eigenvalue weighted by molar-refractivity contribution is 0.146. The minimum Gasteiger partial charge on any atom is -0.465 e. The van der Waals surface area contributed by atoms with Gasteiger partial charge in [-0.25, -0.2) is 4.79 Å². The normalized spacial score (nSPS) is 17.1. The highest BCUT2D eigenvalue weighted by Gasteiger charge is 2.09. The Hall–Kier alpha value is -1.19. The molecular weight excluding hydrogens is 120 g/mol. The van der Waals surface area contributed by atoms with Crippen LogP contribution >= 0.6 is 0 Å². The number of nitrogens with zero attached hydrogens (tertiary/aromatic N) is 1. The Morgan fingerprint density at radius 3 is 2.89 bits per heavy atom. The van der Waals surface area contributed by atoms with Gasteiger partial charge in [0.25, 0.3) is 0 Å². The number of hydrogen-bond acceptors (Lipinski definition) is 2. The second-order valence-corrected chi connectivity index (χ2v) is 1.77. The molecule has 0 unspecified atom stereocenters. The summed E-state index contributed by atoms with van der Waals surface area (Å²) in [7, 11) is 0. The molecule has 1 aliphatic heterocycles. The zero-order chi connectivity index (χ0) is 6.69. The second-order valence-electron chi connectivity index (χ2n) is 1.77. The van der Waals surface area contributed by atoms with Gasteiger partial charge in [-0.15, -0.1) is 0 Å². The van der Waals surface area contributed by atoms with Crippen molar-refractivity contribution in [2.45, 2.75) is 0 Å². The molecule has 0 fully saturated rings. The van der Waals surface area contributed by atoms with Crippen LogP contribution in [-0.2, 0) is 0 Å². The average molecular weight is 128 g/mol. The first-order valence-electron chi connectivity index (χ1n) is 2.67. The maximum atomic E-state index is 10.2. The van der Waals surface area contributed by atoms with Crippen molar-refractivity contribution in [3.8, 4) is 0 Å². The van der Waals surface area contributed by atoms with Crippen LogP contribution in [0.1, 0.15) is 0 Å². The third-order valence-corrected chi connectivity index (χ3v) is 1.11. The zero-order valence-electron chi connectivity index (χ0n) is 4.87. The molecule has 0 saturated carbocycles. The maximum absolute atomic E-state index is 10.2. The molecule has 0 aromatic carbocycles. The fourth-order valence-electron chi connectivity index (χ4n) is 0.636. The number of nitrogens with one attached hydrogen (secondary N) is 1. The Morgan fingerprint density at radius 2 is 2.56 bits per heavy atom. The van der Waals surface area contributed by atoms with Crippen LogP contribution in [-0.4, -0.2) is 29.3 Å². The molecule has 0 spiro atoms. The van der Waals surface area contributed by atoms with Gasteiger partial charge in [-0.2, -0.15) is 0 Å². The number of carbonyl (C=O) groups is 1. The molecule has 50 valence electrons. The minimum atomic E-state index is -0.883. The van der Waals surface area contributed by atoms with E-state index in [1.54, 1.807) is 12.3 Å². The fraction of sp³-hybridized carbons (Fsp3) is 0.400. The minimum absolute atomic E-state index is 0.395. The molecule has 0 aliphatic carbocycles. The van der Waals surface area contributed by atoms with Crippen molar-refractivity contribution < 1.29 is 9.90 Å². The summed E-state index contributed by atoms with van der Waals surface area (Å²) in [5, 5.41) is 11.2. The average Bonchev–Trinajstić information content (AvgIpc) is 1.90. The first-order valence-corrected chi connectivity index (χ1v) is 2.67. The van der Waals surface area contributed by atoms with E-state index in [-0.39, 0.29) is 0 Å². The van der Waals surface area contributed by atoms with Crippen molar-refractivity contribution >= 4 is 6.09 Å². The first-order chi connectivity index (χ1) is 4.30. The molecule has 1 aliphatic rings. The highest BCUT2D eigenvalue weighted by molar-refractivity contribution is 5.65. The van der Waals surface area contributed by atoms with Gasteiger partial charge in [0.2, 0.25) is 0 Å². The van der Waals surface area contributed by atoms with E-state index in [1.165, 1.54) is 4.90 Å². The predicted octanol–water partition coefficient (Wildman–Crippen LogP) is 0.0408. The van der Waals surface area contributed by atoms with Crippen LogP contribution < -0.4 is 5.32 Å². The van der Waals surface area contributed by atoms with Gasteiger partial charge in [-0.3, -0.25) is 4.90 Å². The lowest BCUT2D eigenvalue weighted by Crippen LogP contribution is -2.38. The third-order valence-electron chi connectivity index (χ3n) is 1.11. The molecule has 9 heavy (non-hydrogen) atoms. The van der Waals surface area contributed by atoms with Crippen LogP contribution in [0.25, 0.3) is 0 Å². The summed E-state index contributed by atoms with van der Waals surface area (Å²) in [5.41, 5.74) is 0. The summed E-state index contributed by atoms with van der Waals surface area (Å²) in [4.78, 5) is 11.5. The molecule has 0 radical (unpaired) electrons. The molecule has 1 heterocycles. The van der Waals surface area contributed by atoms with E-state index in [9.17, 15) is 4.79 Å². The van der Waals surface area contributed by atoms with Crippen LogP contribution in [0.2, 0.25) is 0 Å². The van der Waals surface area contributed by atoms with E-state index < -0.39 is 6.09 Å². The quantitative estimate of drug-likeness (QED) is 0.484. The molecule has 2 N–H and O–H groups in total. The van der Waals surface area contributed by atoms with Gasteiger partial charge >= 0.3 is 6.09 Å². The first kappa shape index (κ1) is 5.94. The van der Waals surface area contributed by atoms with Crippen LogP contribution in [0.5, 0.6) is 0 Å². The van der Waals surface area contributed by atoms with E-state index in [1.807, 2.05) is 0 Å². The van der Waals surface area contributed by atoms with E-state index in [4.69, 9.17) is 5.11 Å². The van der Waals surface area contributed by atoms with Gasteiger partial charge in [0, 0.05) is 6.54 Å². The van der Waals surface area contributed by atoms with E-state index >= 15 is 0 Å². The highest BCUT2D eigenvalue weighted by atomic mass is 16.4. The smallest absolute Gasteiger partial charge is 0.409 e. The van der Waals surface area contributed by atoms with E-state index in [2.05, 4.69) is 5.32 Å². The van der Waals surface area contributed by atoms with Gasteiger partial charge in [0.1, 0.15) is 0 Å². The number of amides is 1. The third kappa shape index (κ3) is 1.35. The summed E-state index contributed by atoms with van der Waals surface area (Å²) in [5.74, 6) is 0. The number of carboxylic acid groups (broad SMARTS) is 1. The Bertz CT molecular complexity index is 144. The van der Waals surface area contributed by atoms with Crippen molar-refractivity contribution in [1.29, 1.82) is 0 Å². The molecule has 0 saturated heterocycles. The molecule has 1 rings (SSSR count). The van der Waals surface area contributed by atoms with Gasteiger partial charge in [-0.05, 0) is 12.3 Å². The van der Waals surface area contributed by atoms with Crippen molar-refractivity contribution in [3.05, 3.63) is 12.3 Å². The second kappa shape index (κ2) is 2.39. The van der Waals surface area contributed by atoms with Gasteiger partial charge in [0.15, 0.2) is 0 Å². The summed E-state index contributed by atoms with van der Waals surface area (Å²) in [6, 6.07) is 0. The number of hydrogen-bond donors (Lipinski definition) is 2. The molecule has 0 aromatic rings. The van der Waals surface area contributed by atoms with Crippen LogP contribution in [0.4, 0.5) is 4.79 Å². The standard InChI is InChI=1S/C5H8N2O2/c8-5(9)7-3-1-2-6-4-7/h1-2,6H,3-4H2,(H,8,9). The molecule has 0 bridgehead atoms. The lowest BCUT2D eigenvalue weighted by atomic mass is 10.5. The molecule has 4 nitrogen and oxygen atoms in total. The van der Waals surface area contributed by atoms with Crippen LogP contribution in [0.15, 0.2) is 12.3 Å². The molecule has 4 heteroatoms. The summed E-state index contributed by atoms with van der Waals surface area (Å²) in [6.45, 7) is 0.883. The number of rotatable bonds is 0. The predicted molar refractivity (Wildman–Crippen MR) is 31.9 cm³/mol. The fourth-order valence-corrected chi connectivity index (χ4v) is 0.636. The van der Waals surface area contributed by atoms with Crippen molar-refractivity contribution in [2.24, 2.45) is 0 Å². The summed E-state index contributed by atoms with van der Waals surface area (Å²) < 4.78 is 0. The lowest BCUT2D eigenvalue weighted by Gasteiger charge is -2.20. The zero-order valence-corrected chi connectivity index (χ0v) is 4.87. The highest BCUT2D eigenvalue weighted by Crippen LogP contribution is 1.91. The van der Waals surface area contributed by atoms with Crippen LogP contribution in [0, 0.1) is 0 Å². The Kier molecular flexibility index (Phi) is 1.58. The van der Waals surface area contributed by atoms with Gasteiger partial charge in [0.05, 0.1) is 6.67 Å². The van der Waals surface area contributed by atoms with Crippen molar-refractivity contribution in [1.82, 2.24) is 10.2 Å². The molecule has 0 aromatic heterocycles. The van der Waals surface area contributed by atoms with E-state index in [0.717, 1.165) is 0 Å². The Labute approximate surface area is 52.8 Å². The Morgan fingerprint density at radius 1 is 1.78 bits per heavy atom. The topological polar surface area (TPSA) is 52.6 Å². The summed E-state index contributed by atoms with van der Waals surface area (Å²) in [6.07, 6.45) is 2.63. The van der Waals surface area contributed by atoms with Gasteiger partial charge < -0.3 is 10.4 Å². The SMILES string of the molecule is O=C(O)N1CC=CNC1. The maximum Gasteiger partial charge on any atom is 0.409 e. The largest absolute Gasteiger partial charge is 0.465 e. The monoisotopic (exact) mass is 128 g/mol. The van der Waals surface area contributed by atoms with Crippen LogP contribution in [0.3, 0.4) is 0 Å². The molecule has 0 atom stereocenters. The van der Waals surface area contributed by atoms with Crippen molar-refractivity contribution in [3.63, 3.8) is 0 Å². The summed E-state index contributed by atoms with van der Waals surface area (Å²) >= 11 is 0. The Balaban J connectivity index is 2.44. The van der Waals surface area contributed by atoms with E-state index in [0.29, 0.717) is 13.2 Å². The molecule has 1 amide bonds. The molecular formula is C5H8N2O2.